The molecule has 3 unspecified atom stereocenters. The maximum absolute atomic E-state index is 10.6. The van der Waals surface area contributed by atoms with Crippen molar-refractivity contribution in [2.75, 3.05) is 19.2 Å². The van der Waals surface area contributed by atoms with Gasteiger partial charge in [-0.05, 0) is 6.92 Å². The smallest absolute Gasteiger partial charge is 0.167 e. The second-order valence-corrected chi connectivity index (χ2v) is 12.8. The number of aromatic nitrogens is 3. The van der Waals surface area contributed by atoms with Crippen LogP contribution in [0.1, 0.15) is 18.7 Å². The van der Waals surface area contributed by atoms with Gasteiger partial charge in [0, 0.05) is 13.3 Å². The molecule has 1 aliphatic rings. The van der Waals surface area contributed by atoms with Crippen LogP contribution < -0.4 is 5.48 Å². The number of aliphatic hydroxyl groups is 2. The van der Waals surface area contributed by atoms with Gasteiger partial charge < -0.3 is 24.3 Å². The Balaban J connectivity index is 2.23. The van der Waals surface area contributed by atoms with Crippen molar-refractivity contribution >= 4 is 24.9 Å². The lowest BCUT2D eigenvalue weighted by Crippen LogP contribution is -2.46. The number of aliphatic hydroxyl groups excluding tert-OH is 2. The molecule has 0 amide bonds. The van der Waals surface area contributed by atoms with E-state index >= 15 is 0 Å². The Morgan fingerprint density at radius 2 is 2.11 bits per heavy atom. The molecule has 3 heterocycles. The Hall–Kier alpha value is -2.00. The Labute approximate surface area is 164 Å². The van der Waals surface area contributed by atoms with E-state index in [0.717, 1.165) is 0 Å². The van der Waals surface area contributed by atoms with Crippen LogP contribution in [0.2, 0.25) is 19.6 Å². The quantitative estimate of drug-likeness (QED) is 0.338. The van der Waals surface area contributed by atoms with Crippen molar-refractivity contribution in [3.05, 3.63) is 18.1 Å². The van der Waals surface area contributed by atoms with Gasteiger partial charge in [0.05, 0.1) is 17.6 Å². The molecular formula is C18H26N4O5Si. The van der Waals surface area contributed by atoms with E-state index in [1.165, 1.54) is 13.4 Å². The Morgan fingerprint density at radius 1 is 1.39 bits per heavy atom. The molecule has 1 fully saturated rings. The molecule has 0 aromatic carbocycles. The molecular weight excluding hydrogens is 380 g/mol. The minimum absolute atomic E-state index is 0.222. The molecule has 0 bridgehead atoms. The summed E-state index contributed by atoms with van der Waals surface area (Å²) in [6, 6.07) is 0. The molecule has 9 nitrogen and oxygen atoms in total. The molecule has 1 aliphatic heterocycles. The Kier molecular flexibility index (Phi) is 5.50. The average molecular weight is 407 g/mol. The van der Waals surface area contributed by atoms with Gasteiger partial charge in [-0.25, -0.2) is 9.97 Å². The third-order valence-corrected chi connectivity index (χ3v) is 5.77. The van der Waals surface area contributed by atoms with Gasteiger partial charge in [0.25, 0.3) is 0 Å². The van der Waals surface area contributed by atoms with E-state index in [4.69, 9.17) is 9.47 Å². The van der Waals surface area contributed by atoms with Gasteiger partial charge in [0.2, 0.25) is 0 Å². The van der Waals surface area contributed by atoms with E-state index in [1.54, 1.807) is 17.7 Å². The van der Waals surface area contributed by atoms with Gasteiger partial charge in [-0.2, -0.15) is 0 Å². The van der Waals surface area contributed by atoms with Crippen LogP contribution >= 0.6 is 0 Å². The van der Waals surface area contributed by atoms with E-state index in [2.05, 4.69) is 46.6 Å². The van der Waals surface area contributed by atoms with E-state index in [9.17, 15) is 15.4 Å². The van der Waals surface area contributed by atoms with Crippen LogP contribution in [0.3, 0.4) is 0 Å². The molecule has 0 spiro atoms. The molecule has 0 radical (unpaired) electrons. The van der Waals surface area contributed by atoms with Gasteiger partial charge >= 0.3 is 0 Å². The van der Waals surface area contributed by atoms with Gasteiger partial charge in [-0.15, -0.1) is 5.54 Å². The SMILES string of the molecule is COC1(C)C(O)C(CO)O[C@H]1n1cc(C#C[Si](C)(C)C)c2c(NO)ncnc21. The summed E-state index contributed by atoms with van der Waals surface area (Å²) in [6.07, 6.45) is 0.449. The van der Waals surface area contributed by atoms with Crippen LogP contribution in [0.5, 0.6) is 0 Å². The lowest BCUT2D eigenvalue weighted by molar-refractivity contribution is -0.118. The minimum Gasteiger partial charge on any atom is -0.394 e. The van der Waals surface area contributed by atoms with Crippen molar-refractivity contribution in [3.63, 3.8) is 0 Å². The first-order valence-corrected chi connectivity index (χ1v) is 12.4. The highest BCUT2D eigenvalue weighted by molar-refractivity contribution is 6.83. The summed E-state index contributed by atoms with van der Waals surface area (Å²) in [5, 5.41) is 30.2. The fraction of sp³-hybridized carbons (Fsp3) is 0.556. The molecule has 10 heteroatoms. The normalized spacial score (nSPS) is 27.6. The van der Waals surface area contributed by atoms with Gasteiger partial charge in [0.15, 0.2) is 12.0 Å². The highest BCUT2D eigenvalue weighted by Gasteiger charge is 2.54. The fourth-order valence-electron chi connectivity index (χ4n) is 3.29. The summed E-state index contributed by atoms with van der Waals surface area (Å²) < 4.78 is 13.2. The van der Waals surface area contributed by atoms with Crippen molar-refractivity contribution in [1.82, 2.24) is 14.5 Å². The lowest BCUT2D eigenvalue weighted by Gasteiger charge is -2.31. The number of nitrogens with zero attached hydrogens (tertiary/aromatic N) is 3. The molecule has 28 heavy (non-hydrogen) atoms. The van der Waals surface area contributed by atoms with Crippen molar-refractivity contribution in [2.24, 2.45) is 0 Å². The van der Waals surface area contributed by atoms with Crippen LogP contribution in [0.25, 0.3) is 11.0 Å². The number of ether oxygens (including phenoxy) is 2. The van der Waals surface area contributed by atoms with E-state index in [0.29, 0.717) is 16.6 Å². The van der Waals surface area contributed by atoms with Crippen LogP contribution in [0.15, 0.2) is 12.5 Å². The first-order valence-electron chi connectivity index (χ1n) is 8.94. The maximum Gasteiger partial charge on any atom is 0.167 e. The highest BCUT2D eigenvalue weighted by Crippen LogP contribution is 2.43. The summed E-state index contributed by atoms with van der Waals surface area (Å²) in [4.78, 5) is 8.41. The number of fused-ring (bicyclic) bond motifs is 1. The second kappa shape index (κ2) is 7.44. The minimum atomic E-state index is -1.66. The third kappa shape index (κ3) is 3.41. The first-order chi connectivity index (χ1) is 13.2. The summed E-state index contributed by atoms with van der Waals surface area (Å²) in [5.41, 5.74) is 5.35. The standard InChI is InChI=1S/C18H26N4O5Si/c1-18(26-2)14(24)12(9-23)27-17(18)22-8-11(6-7-28(3,4)5)13-15(21-25)19-10-20-16(13)22/h8,10,12,14,17,23-25H,9H2,1-5H3,(H,19,20,21)/t12?,14?,17-,18?/m1/s1. The van der Waals surface area contributed by atoms with Crippen molar-refractivity contribution < 1.29 is 24.9 Å². The van der Waals surface area contributed by atoms with Crippen LogP contribution in [-0.4, -0.2) is 69.6 Å². The van der Waals surface area contributed by atoms with Crippen molar-refractivity contribution in [3.8, 4) is 11.5 Å². The zero-order chi connectivity index (χ0) is 20.7. The summed E-state index contributed by atoms with van der Waals surface area (Å²) in [6.45, 7) is 7.75. The topological polar surface area (TPSA) is 122 Å². The Morgan fingerprint density at radius 3 is 2.68 bits per heavy atom. The van der Waals surface area contributed by atoms with Crippen molar-refractivity contribution in [2.45, 2.75) is 50.6 Å². The summed E-state index contributed by atoms with van der Waals surface area (Å²) in [7, 11) is -0.184. The molecule has 152 valence electrons. The van der Waals surface area contributed by atoms with Crippen molar-refractivity contribution in [1.29, 1.82) is 0 Å². The highest BCUT2D eigenvalue weighted by atomic mass is 28.3. The third-order valence-electron chi connectivity index (χ3n) is 4.89. The van der Waals surface area contributed by atoms with Gasteiger partial charge in [-0.1, -0.05) is 25.6 Å². The molecule has 2 aromatic heterocycles. The molecule has 4 atom stereocenters. The number of hydrogen-bond donors (Lipinski definition) is 4. The van der Waals surface area contributed by atoms with Gasteiger partial charge in [-0.3, -0.25) is 10.7 Å². The fourth-order valence-corrected chi connectivity index (χ4v) is 3.80. The number of rotatable bonds is 4. The molecule has 3 rings (SSSR count). The van der Waals surface area contributed by atoms with Crippen LogP contribution in [0, 0.1) is 11.5 Å². The maximum atomic E-state index is 10.6. The largest absolute Gasteiger partial charge is 0.394 e. The zero-order valence-corrected chi connectivity index (χ0v) is 17.6. The monoisotopic (exact) mass is 406 g/mol. The molecule has 2 aromatic rings. The number of hydrogen-bond acceptors (Lipinski definition) is 8. The van der Waals surface area contributed by atoms with Gasteiger partial charge in [0.1, 0.15) is 37.9 Å². The van der Waals surface area contributed by atoms with E-state index < -0.39 is 32.1 Å². The summed E-state index contributed by atoms with van der Waals surface area (Å²) >= 11 is 0. The number of methoxy groups -OCH3 is 1. The lowest BCUT2D eigenvalue weighted by atomic mass is 9.96. The number of nitrogens with one attached hydrogen (secondary N) is 1. The molecule has 4 N–H and O–H groups in total. The predicted molar refractivity (Wildman–Crippen MR) is 106 cm³/mol. The molecule has 0 saturated carbocycles. The Bertz CT molecular complexity index is 932. The first kappa shape index (κ1) is 20.7. The average Bonchev–Trinajstić information content (AvgIpc) is 3.15. The van der Waals surface area contributed by atoms with E-state index in [1.807, 2.05) is 0 Å². The second-order valence-electron chi connectivity index (χ2n) is 8.03. The predicted octanol–water partition coefficient (Wildman–Crippen LogP) is 1.12. The van der Waals surface area contributed by atoms with E-state index in [-0.39, 0.29) is 12.4 Å². The molecule has 0 aliphatic carbocycles. The van der Waals surface area contributed by atoms with Crippen LogP contribution in [-0.2, 0) is 9.47 Å². The molecule has 1 saturated heterocycles. The van der Waals surface area contributed by atoms with Crippen LogP contribution in [0.4, 0.5) is 5.82 Å². The number of anilines is 1. The summed E-state index contributed by atoms with van der Waals surface area (Å²) in [5.74, 6) is 3.40. The zero-order valence-electron chi connectivity index (χ0n) is 16.6.